The molecule has 1 heterocycles. The topological polar surface area (TPSA) is 46.5 Å². The monoisotopic (exact) mass is 234 g/mol. The first-order valence-corrected chi connectivity index (χ1v) is 5.55. The summed E-state index contributed by atoms with van der Waals surface area (Å²) < 4.78 is 5.23. The molecule has 0 saturated heterocycles. The van der Waals surface area contributed by atoms with Gasteiger partial charge in [-0.05, 0) is 23.1 Å². The van der Waals surface area contributed by atoms with Crippen molar-refractivity contribution in [3.05, 3.63) is 40.6 Å². The van der Waals surface area contributed by atoms with Gasteiger partial charge in [-0.1, -0.05) is 18.2 Å². The maximum atomic E-state index is 10.8. The van der Waals surface area contributed by atoms with Gasteiger partial charge in [0.15, 0.2) is 0 Å². The molecule has 4 heteroatoms. The van der Waals surface area contributed by atoms with Crippen LogP contribution in [0.4, 0.5) is 0 Å². The first-order chi connectivity index (χ1) is 7.72. The molecule has 0 atom stereocenters. The van der Waals surface area contributed by atoms with E-state index >= 15 is 0 Å². The third kappa shape index (κ3) is 1.92. The van der Waals surface area contributed by atoms with Gasteiger partial charge in [0.2, 0.25) is 0 Å². The highest BCUT2D eigenvalue weighted by Crippen LogP contribution is 2.32. The molecule has 0 bridgehead atoms. The quantitative estimate of drug-likeness (QED) is 0.887. The number of thiophene rings is 1. The maximum Gasteiger partial charge on any atom is 0.345 e. The van der Waals surface area contributed by atoms with E-state index in [-0.39, 0.29) is 0 Å². The molecular formula is C12H10O3S. The van der Waals surface area contributed by atoms with Gasteiger partial charge < -0.3 is 9.84 Å². The standard InChI is InChI=1S/C12H10O3S/c1-15-10-5-3-2-4-9(10)8-6-11(12(13)14)16-7-8/h2-7H,1H3,(H,13,14). The number of carboxylic acids is 1. The molecule has 0 saturated carbocycles. The van der Waals surface area contributed by atoms with Crippen LogP contribution in [0.1, 0.15) is 9.67 Å². The molecule has 2 rings (SSSR count). The number of para-hydroxylation sites is 1. The van der Waals surface area contributed by atoms with Gasteiger partial charge in [0.1, 0.15) is 10.6 Å². The van der Waals surface area contributed by atoms with E-state index < -0.39 is 5.97 Å². The van der Waals surface area contributed by atoms with Crippen molar-refractivity contribution in [3.63, 3.8) is 0 Å². The Labute approximate surface area is 96.9 Å². The molecule has 0 aliphatic rings. The van der Waals surface area contributed by atoms with E-state index in [2.05, 4.69) is 0 Å². The van der Waals surface area contributed by atoms with Crippen LogP contribution >= 0.6 is 11.3 Å². The molecule has 1 aromatic heterocycles. The van der Waals surface area contributed by atoms with Gasteiger partial charge in [0, 0.05) is 5.56 Å². The Kier molecular flexibility index (Phi) is 2.92. The van der Waals surface area contributed by atoms with E-state index in [4.69, 9.17) is 9.84 Å². The fourth-order valence-electron chi connectivity index (χ4n) is 1.47. The molecule has 0 unspecified atom stereocenters. The minimum absolute atomic E-state index is 0.334. The lowest BCUT2D eigenvalue weighted by Crippen LogP contribution is -1.90. The average Bonchev–Trinajstić information content (AvgIpc) is 2.78. The van der Waals surface area contributed by atoms with E-state index in [0.717, 1.165) is 16.9 Å². The van der Waals surface area contributed by atoms with Crippen LogP contribution in [0.5, 0.6) is 5.75 Å². The van der Waals surface area contributed by atoms with Crippen LogP contribution in [0.25, 0.3) is 11.1 Å². The SMILES string of the molecule is COc1ccccc1-c1csc(C(=O)O)c1. The van der Waals surface area contributed by atoms with Gasteiger partial charge >= 0.3 is 5.97 Å². The zero-order valence-corrected chi connectivity index (χ0v) is 9.45. The second kappa shape index (κ2) is 4.37. The highest BCUT2D eigenvalue weighted by molar-refractivity contribution is 7.12. The number of aromatic carboxylic acids is 1. The second-order valence-corrected chi connectivity index (χ2v) is 4.12. The Morgan fingerprint density at radius 1 is 1.38 bits per heavy atom. The van der Waals surface area contributed by atoms with Crippen molar-refractivity contribution in [1.29, 1.82) is 0 Å². The summed E-state index contributed by atoms with van der Waals surface area (Å²) in [5.74, 6) is -0.150. The number of ether oxygens (including phenoxy) is 1. The average molecular weight is 234 g/mol. The zero-order chi connectivity index (χ0) is 11.5. The lowest BCUT2D eigenvalue weighted by Gasteiger charge is -2.05. The van der Waals surface area contributed by atoms with Crippen LogP contribution in [-0.2, 0) is 0 Å². The van der Waals surface area contributed by atoms with Crippen molar-refractivity contribution < 1.29 is 14.6 Å². The number of benzene rings is 1. The molecule has 1 aromatic carbocycles. The Morgan fingerprint density at radius 2 is 2.12 bits per heavy atom. The number of hydrogen-bond acceptors (Lipinski definition) is 3. The molecule has 1 N–H and O–H groups in total. The predicted octanol–water partition coefficient (Wildman–Crippen LogP) is 3.12. The first kappa shape index (κ1) is 10.7. The number of hydrogen-bond donors (Lipinski definition) is 1. The van der Waals surface area contributed by atoms with Gasteiger partial charge in [-0.2, -0.15) is 0 Å². The van der Waals surface area contributed by atoms with Crippen molar-refractivity contribution in [2.45, 2.75) is 0 Å². The number of rotatable bonds is 3. The molecule has 0 aliphatic heterocycles. The fraction of sp³-hybridized carbons (Fsp3) is 0.0833. The Morgan fingerprint density at radius 3 is 2.75 bits per heavy atom. The van der Waals surface area contributed by atoms with Gasteiger partial charge in [0.25, 0.3) is 0 Å². The third-order valence-electron chi connectivity index (χ3n) is 2.23. The smallest absolute Gasteiger partial charge is 0.345 e. The molecule has 2 aromatic rings. The maximum absolute atomic E-state index is 10.8. The number of methoxy groups -OCH3 is 1. The molecule has 0 fully saturated rings. The van der Waals surface area contributed by atoms with E-state index in [9.17, 15) is 4.79 Å². The summed E-state index contributed by atoms with van der Waals surface area (Å²) in [4.78, 5) is 11.1. The van der Waals surface area contributed by atoms with Crippen LogP contribution < -0.4 is 4.74 Å². The van der Waals surface area contributed by atoms with Crippen molar-refractivity contribution in [2.75, 3.05) is 7.11 Å². The molecule has 0 amide bonds. The summed E-state index contributed by atoms with van der Waals surface area (Å²) in [7, 11) is 1.60. The molecule has 0 aliphatic carbocycles. The lowest BCUT2D eigenvalue weighted by molar-refractivity contribution is 0.0702. The summed E-state index contributed by atoms with van der Waals surface area (Å²) in [6.07, 6.45) is 0. The predicted molar refractivity (Wildman–Crippen MR) is 63.3 cm³/mol. The largest absolute Gasteiger partial charge is 0.496 e. The van der Waals surface area contributed by atoms with E-state index in [1.165, 1.54) is 11.3 Å². The van der Waals surface area contributed by atoms with Gasteiger partial charge in [-0.3, -0.25) is 0 Å². The number of carbonyl (C=O) groups is 1. The lowest BCUT2D eigenvalue weighted by atomic mass is 10.1. The number of carboxylic acid groups (broad SMARTS) is 1. The first-order valence-electron chi connectivity index (χ1n) is 4.67. The van der Waals surface area contributed by atoms with Crippen molar-refractivity contribution >= 4 is 17.3 Å². The molecule has 0 radical (unpaired) electrons. The minimum atomic E-state index is -0.897. The summed E-state index contributed by atoms with van der Waals surface area (Å²) >= 11 is 1.22. The van der Waals surface area contributed by atoms with Crippen LogP contribution in [0, 0.1) is 0 Å². The zero-order valence-electron chi connectivity index (χ0n) is 8.64. The Balaban J connectivity index is 2.46. The van der Waals surface area contributed by atoms with Gasteiger partial charge in [-0.15, -0.1) is 11.3 Å². The summed E-state index contributed by atoms with van der Waals surface area (Å²) in [6.45, 7) is 0. The van der Waals surface area contributed by atoms with Crippen molar-refractivity contribution in [1.82, 2.24) is 0 Å². The normalized spacial score (nSPS) is 10.1. The Bertz CT molecular complexity index is 516. The molecule has 0 spiro atoms. The summed E-state index contributed by atoms with van der Waals surface area (Å²) in [5, 5.41) is 10.7. The summed E-state index contributed by atoms with van der Waals surface area (Å²) in [5.41, 5.74) is 1.79. The van der Waals surface area contributed by atoms with E-state index in [1.54, 1.807) is 13.2 Å². The van der Waals surface area contributed by atoms with Gasteiger partial charge in [0.05, 0.1) is 7.11 Å². The van der Waals surface area contributed by atoms with Crippen LogP contribution in [0.3, 0.4) is 0 Å². The van der Waals surface area contributed by atoms with Crippen LogP contribution in [0.15, 0.2) is 35.7 Å². The highest BCUT2D eigenvalue weighted by Gasteiger charge is 2.10. The molecule has 82 valence electrons. The highest BCUT2D eigenvalue weighted by atomic mass is 32.1. The Hall–Kier alpha value is -1.81. The summed E-state index contributed by atoms with van der Waals surface area (Å²) in [6, 6.07) is 9.20. The van der Waals surface area contributed by atoms with E-state index in [1.807, 2.05) is 29.6 Å². The van der Waals surface area contributed by atoms with Crippen LogP contribution in [0.2, 0.25) is 0 Å². The van der Waals surface area contributed by atoms with Crippen LogP contribution in [-0.4, -0.2) is 18.2 Å². The minimum Gasteiger partial charge on any atom is -0.496 e. The van der Waals surface area contributed by atoms with Gasteiger partial charge in [-0.25, -0.2) is 4.79 Å². The van der Waals surface area contributed by atoms with E-state index in [0.29, 0.717) is 4.88 Å². The molecule has 16 heavy (non-hydrogen) atoms. The molecular weight excluding hydrogens is 224 g/mol. The molecule has 3 nitrogen and oxygen atoms in total. The van der Waals surface area contributed by atoms with Crippen molar-refractivity contribution in [3.8, 4) is 16.9 Å². The second-order valence-electron chi connectivity index (χ2n) is 3.21. The third-order valence-corrected chi connectivity index (χ3v) is 3.15. The van der Waals surface area contributed by atoms with Crippen molar-refractivity contribution in [2.24, 2.45) is 0 Å². The fourth-order valence-corrected chi connectivity index (χ4v) is 2.22.